The third-order valence-corrected chi connectivity index (χ3v) is 2.77. The first kappa shape index (κ1) is 12.5. The molecule has 1 N–H and O–H groups in total. The molecule has 5 heteroatoms. The van der Waals surface area contributed by atoms with Crippen molar-refractivity contribution in [2.24, 2.45) is 0 Å². The molecule has 0 unspecified atom stereocenters. The molecule has 0 spiro atoms. The maximum Gasteiger partial charge on any atom is 0.317 e. The van der Waals surface area contributed by atoms with Gasteiger partial charge < -0.3 is 15.0 Å². The molecule has 0 bridgehead atoms. The molecule has 1 rings (SSSR count). The Hall–Kier alpha value is -0.550. The van der Waals surface area contributed by atoms with Crippen molar-refractivity contribution in [3.63, 3.8) is 0 Å². The second kappa shape index (κ2) is 6.12. The van der Waals surface area contributed by atoms with Gasteiger partial charge in [0.1, 0.15) is 0 Å². The zero-order valence-corrected chi connectivity index (χ0v) is 10.5. The van der Waals surface area contributed by atoms with Gasteiger partial charge in [-0.1, -0.05) is 22.5 Å². The van der Waals surface area contributed by atoms with E-state index in [0.29, 0.717) is 12.6 Å². The molecule has 1 fully saturated rings. The van der Waals surface area contributed by atoms with Crippen molar-refractivity contribution in [1.82, 2.24) is 10.2 Å². The van der Waals surface area contributed by atoms with Gasteiger partial charge in [-0.3, -0.25) is 0 Å². The van der Waals surface area contributed by atoms with E-state index >= 15 is 0 Å². The second-order valence-corrected chi connectivity index (χ2v) is 4.72. The average molecular weight is 277 g/mol. The Labute approximate surface area is 98.8 Å². The van der Waals surface area contributed by atoms with E-state index in [1.807, 2.05) is 4.90 Å². The summed E-state index contributed by atoms with van der Waals surface area (Å²) in [7, 11) is 1.72. The number of piperidine rings is 1. The third kappa shape index (κ3) is 4.22. The third-order valence-electron chi connectivity index (χ3n) is 2.49. The van der Waals surface area contributed by atoms with Crippen molar-refractivity contribution >= 4 is 22.0 Å². The van der Waals surface area contributed by atoms with Crippen LogP contribution in [0.1, 0.15) is 12.8 Å². The molecule has 1 heterocycles. The molecule has 86 valence electrons. The first-order valence-electron chi connectivity index (χ1n) is 5.02. The van der Waals surface area contributed by atoms with Crippen LogP contribution in [-0.2, 0) is 4.74 Å². The van der Waals surface area contributed by atoms with Crippen LogP contribution in [-0.4, -0.2) is 43.8 Å². The normalized spacial score (nSPS) is 17.6. The first-order chi connectivity index (χ1) is 7.13. The van der Waals surface area contributed by atoms with Gasteiger partial charge in [0.25, 0.3) is 0 Å². The van der Waals surface area contributed by atoms with Crippen molar-refractivity contribution < 1.29 is 9.53 Å². The number of carbonyl (C=O) groups excluding carboxylic acids is 1. The summed E-state index contributed by atoms with van der Waals surface area (Å²) in [5.41, 5.74) is 0. The standard InChI is InChI=1S/C10H17BrN2O2/c1-8(11)7-12-10(14)13-5-3-9(15-2)4-6-13/h9H,1,3-7H2,2H3,(H,12,14). The van der Waals surface area contributed by atoms with Crippen molar-refractivity contribution in [2.45, 2.75) is 18.9 Å². The van der Waals surface area contributed by atoms with Crippen LogP contribution in [0.15, 0.2) is 11.1 Å². The van der Waals surface area contributed by atoms with Gasteiger partial charge in [0.15, 0.2) is 0 Å². The fraction of sp³-hybridized carbons (Fsp3) is 0.700. The molecule has 0 aromatic rings. The van der Waals surface area contributed by atoms with E-state index < -0.39 is 0 Å². The predicted octanol–water partition coefficient (Wildman–Crippen LogP) is 1.72. The highest BCUT2D eigenvalue weighted by Crippen LogP contribution is 2.12. The molecule has 0 aromatic heterocycles. The molecule has 0 atom stereocenters. The topological polar surface area (TPSA) is 41.6 Å². The highest BCUT2D eigenvalue weighted by atomic mass is 79.9. The van der Waals surface area contributed by atoms with Gasteiger partial charge in [-0.2, -0.15) is 0 Å². The molecule has 1 aliphatic rings. The van der Waals surface area contributed by atoms with Crippen molar-refractivity contribution in [2.75, 3.05) is 26.7 Å². The maximum atomic E-state index is 11.6. The van der Waals surface area contributed by atoms with E-state index in [1.165, 1.54) is 0 Å². The Morgan fingerprint density at radius 3 is 2.67 bits per heavy atom. The molecular formula is C10H17BrN2O2. The molecule has 0 saturated carbocycles. The lowest BCUT2D eigenvalue weighted by Crippen LogP contribution is -2.46. The Balaban J connectivity index is 2.27. The van der Waals surface area contributed by atoms with Crippen molar-refractivity contribution in [3.05, 3.63) is 11.1 Å². The minimum Gasteiger partial charge on any atom is -0.381 e. The summed E-state index contributed by atoms with van der Waals surface area (Å²) < 4.78 is 6.02. The van der Waals surface area contributed by atoms with E-state index in [1.54, 1.807) is 7.11 Å². The Bertz CT molecular complexity index is 238. The monoisotopic (exact) mass is 276 g/mol. The zero-order chi connectivity index (χ0) is 11.3. The number of methoxy groups -OCH3 is 1. The van der Waals surface area contributed by atoms with Crippen LogP contribution < -0.4 is 5.32 Å². The largest absolute Gasteiger partial charge is 0.381 e. The van der Waals surface area contributed by atoms with Crippen LogP contribution in [0.5, 0.6) is 0 Å². The number of nitrogens with one attached hydrogen (secondary N) is 1. The van der Waals surface area contributed by atoms with E-state index in [4.69, 9.17) is 4.74 Å². The van der Waals surface area contributed by atoms with Gasteiger partial charge in [0.2, 0.25) is 0 Å². The molecule has 0 aliphatic carbocycles. The molecule has 2 amide bonds. The van der Waals surface area contributed by atoms with Crippen LogP contribution in [0.4, 0.5) is 4.79 Å². The number of rotatable bonds is 3. The number of hydrogen-bond acceptors (Lipinski definition) is 2. The van der Waals surface area contributed by atoms with Crippen molar-refractivity contribution in [3.8, 4) is 0 Å². The fourth-order valence-corrected chi connectivity index (χ4v) is 1.72. The van der Waals surface area contributed by atoms with Crippen LogP contribution >= 0.6 is 15.9 Å². The molecule has 0 radical (unpaired) electrons. The smallest absolute Gasteiger partial charge is 0.317 e. The average Bonchev–Trinajstić information content (AvgIpc) is 2.26. The van der Waals surface area contributed by atoms with Gasteiger partial charge in [-0.25, -0.2) is 4.79 Å². The quantitative estimate of drug-likeness (QED) is 0.853. The molecule has 15 heavy (non-hydrogen) atoms. The zero-order valence-electron chi connectivity index (χ0n) is 8.96. The molecule has 0 aromatic carbocycles. The number of likely N-dealkylation sites (tertiary alicyclic amines) is 1. The second-order valence-electron chi connectivity index (χ2n) is 3.60. The summed E-state index contributed by atoms with van der Waals surface area (Å²) in [6, 6.07) is -0.0230. The summed E-state index contributed by atoms with van der Waals surface area (Å²) >= 11 is 3.20. The minimum absolute atomic E-state index is 0.0230. The van der Waals surface area contributed by atoms with E-state index in [0.717, 1.165) is 30.4 Å². The van der Waals surface area contributed by atoms with Gasteiger partial charge >= 0.3 is 6.03 Å². The van der Waals surface area contributed by atoms with E-state index in [2.05, 4.69) is 27.8 Å². The molecule has 1 saturated heterocycles. The SMILES string of the molecule is C=C(Br)CNC(=O)N1CCC(OC)CC1. The maximum absolute atomic E-state index is 11.6. The van der Waals surface area contributed by atoms with Crippen LogP contribution in [0.3, 0.4) is 0 Å². The van der Waals surface area contributed by atoms with Crippen LogP contribution in [0.25, 0.3) is 0 Å². The molecular weight excluding hydrogens is 260 g/mol. The van der Waals surface area contributed by atoms with E-state index in [-0.39, 0.29) is 6.03 Å². The van der Waals surface area contributed by atoms with E-state index in [9.17, 15) is 4.79 Å². The lowest BCUT2D eigenvalue weighted by Gasteiger charge is -2.31. The Morgan fingerprint density at radius 2 is 2.20 bits per heavy atom. The van der Waals surface area contributed by atoms with Crippen LogP contribution in [0, 0.1) is 0 Å². The predicted molar refractivity (Wildman–Crippen MR) is 63.1 cm³/mol. The number of nitrogens with zero attached hydrogens (tertiary/aromatic N) is 1. The van der Waals surface area contributed by atoms with Gasteiger partial charge in [-0.05, 0) is 12.8 Å². The van der Waals surface area contributed by atoms with Gasteiger partial charge in [0, 0.05) is 24.7 Å². The number of amides is 2. The van der Waals surface area contributed by atoms with Gasteiger partial charge in [0.05, 0.1) is 12.6 Å². The molecule has 4 nitrogen and oxygen atoms in total. The Kier molecular flexibility index (Phi) is 5.11. The fourth-order valence-electron chi connectivity index (χ4n) is 1.58. The first-order valence-corrected chi connectivity index (χ1v) is 5.81. The summed E-state index contributed by atoms with van der Waals surface area (Å²) in [5.74, 6) is 0. The Morgan fingerprint density at radius 1 is 1.60 bits per heavy atom. The van der Waals surface area contributed by atoms with Crippen LogP contribution in [0.2, 0.25) is 0 Å². The number of hydrogen-bond donors (Lipinski definition) is 1. The molecule has 1 aliphatic heterocycles. The number of ether oxygens (including phenoxy) is 1. The number of halogens is 1. The lowest BCUT2D eigenvalue weighted by atomic mass is 10.1. The number of carbonyl (C=O) groups is 1. The summed E-state index contributed by atoms with van der Waals surface area (Å²) in [6.07, 6.45) is 2.14. The van der Waals surface area contributed by atoms with Crippen molar-refractivity contribution in [1.29, 1.82) is 0 Å². The summed E-state index contributed by atoms with van der Waals surface area (Å²) in [6.45, 7) is 5.66. The highest BCUT2D eigenvalue weighted by molar-refractivity contribution is 9.11. The summed E-state index contributed by atoms with van der Waals surface area (Å²) in [5, 5.41) is 2.78. The number of urea groups is 1. The lowest BCUT2D eigenvalue weighted by molar-refractivity contribution is 0.0505. The highest BCUT2D eigenvalue weighted by Gasteiger charge is 2.21. The van der Waals surface area contributed by atoms with Gasteiger partial charge in [-0.15, -0.1) is 0 Å². The summed E-state index contributed by atoms with van der Waals surface area (Å²) in [4.78, 5) is 13.4. The minimum atomic E-state index is -0.0230.